The monoisotopic (exact) mass is 289 g/mol. The number of nitrogens with one attached hydrogen (secondary N) is 1. The summed E-state index contributed by atoms with van der Waals surface area (Å²) in [4.78, 5) is 29.0. The average Bonchev–Trinajstić information content (AvgIpc) is 2.99. The topological polar surface area (TPSA) is 62.3 Å². The van der Waals surface area contributed by atoms with Crippen molar-refractivity contribution in [1.29, 1.82) is 0 Å². The van der Waals surface area contributed by atoms with Gasteiger partial charge in [0.2, 0.25) is 11.8 Å². The van der Waals surface area contributed by atoms with Crippen LogP contribution >= 0.6 is 11.3 Å². The normalized spacial score (nSPS) is 10.1. The van der Waals surface area contributed by atoms with E-state index in [0.717, 1.165) is 5.56 Å². The van der Waals surface area contributed by atoms with Crippen molar-refractivity contribution in [3.63, 3.8) is 0 Å². The van der Waals surface area contributed by atoms with Crippen LogP contribution in [0.25, 0.3) is 0 Å². The summed E-state index contributed by atoms with van der Waals surface area (Å²) >= 11 is 1.36. The number of hydrogen-bond donors (Lipinski definition) is 1. The van der Waals surface area contributed by atoms with Crippen LogP contribution in [0.4, 0.5) is 5.13 Å². The Balaban J connectivity index is 1.81. The zero-order valence-electron chi connectivity index (χ0n) is 11.1. The highest BCUT2D eigenvalue weighted by molar-refractivity contribution is 7.13. The number of carbonyl (C=O) groups is 2. The number of carbonyl (C=O) groups excluding carboxylic acids is 2. The molecule has 0 aliphatic rings. The van der Waals surface area contributed by atoms with Crippen LogP contribution in [0.3, 0.4) is 0 Å². The van der Waals surface area contributed by atoms with Crippen LogP contribution < -0.4 is 10.2 Å². The number of amides is 2. The zero-order valence-corrected chi connectivity index (χ0v) is 11.9. The number of thiazole rings is 1. The zero-order chi connectivity index (χ0) is 14.4. The van der Waals surface area contributed by atoms with E-state index in [1.54, 1.807) is 18.6 Å². The molecule has 104 valence electrons. The Morgan fingerprint density at radius 2 is 2.05 bits per heavy atom. The first kappa shape index (κ1) is 14.2. The van der Waals surface area contributed by atoms with E-state index in [-0.39, 0.29) is 18.2 Å². The molecule has 1 heterocycles. The average molecular weight is 289 g/mol. The molecule has 0 unspecified atom stereocenters. The van der Waals surface area contributed by atoms with Crippen LogP contribution in [0, 0.1) is 0 Å². The van der Waals surface area contributed by atoms with E-state index in [1.807, 2.05) is 30.3 Å². The Labute approximate surface area is 121 Å². The first-order valence-corrected chi connectivity index (χ1v) is 7.01. The highest BCUT2D eigenvalue weighted by atomic mass is 32.1. The van der Waals surface area contributed by atoms with Gasteiger partial charge in [-0.2, -0.15) is 0 Å². The van der Waals surface area contributed by atoms with Gasteiger partial charge < -0.3 is 5.32 Å². The number of hydrogen-bond acceptors (Lipinski definition) is 4. The van der Waals surface area contributed by atoms with Gasteiger partial charge >= 0.3 is 0 Å². The number of aromatic nitrogens is 1. The summed E-state index contributed by atoms with van der Waals surface area (Å²) in [5.74, 6) is -0.562. The molecule has 20 heavy (non-hydrogen) atoms. The van der Waals surface area contributed by atoms with Gasteiger partial charge in [0.1, 0.15) is 6.42 Å². The molecule has 2 rings (SSSR count). The predicted molar refractivity (Wildman–Crippen MR) is 78.4 cm³/mol. The molecule has 1 N–H and O–H groups in total. The molecule has 6 heteroatoms. The van der Waals surface area contributed by atoms with Crippen LogP contribution in [0.2, 0.25) is 0 Å². The Kier molecular flexibility index (Phi) is 4.84. The summed E-state index contributed by atoms with van der Waals surface area (Å²) in [5.41, 5.74) is 1.00. The SMILES string of the molecule is CN(C(=O)CC(=O)NCc1ccccc1)c1nccs1. The van der Waals surface area contributed by atoms with Crippen LogP contribution in [0.15, 0.2) is 41.9 Å². The molecular formula is C14H15N3O2S. The predicted octanol–water partition coefficient (Wildman–Crippen LogP) is 1.81. The maximum atomic E-state index is 11.9. The Morgan fingerprint density at radius 3 is 2.70 bits per heavy atom. The highest BCUT2D eigenvalue weighted by Crippen LogP contribution is 2.16. The van der Waals surface area contributed by atoms with Gasteiger partial charge in [0.25, 0.3) is 0 Å². The minimum atomic E-state index is -0.290. The molecule has 2 aromatic rings. The van der Waals surface area contributed by atoms with Crippen molar-refractivity contribution >= 4 is 28.3 Å². The van der Waals surface area contributed by atoms with E-state index in [2.05, 4.69) is 10.3 Å². The smallest absolute Gasteiger partial charge is 0.237 e. The van der Waals surface area contributed by atoms with E-state index in [9.17, 15) is 9.59 Å². The maximum absolute atomic E-state index is 11.9. The molecule has 0 atom stereocenters. The summed E-state index contributed by atoms with van der Waals surface area (Å²) in [6.45, 7) is 0.425. The Bertz CT molecular complexity index is 569. The lowest BCUT2D eigenvalue weighted by Gasteiger charge is -2.13. The van der Waals surface area contributed by atoms with E-state index in [0.29, 0.717) is 11.7 Å². The van der Waals surface area contributed by atoms with Gasteiger partial charge in [-0.1, -0.05) is 30.3 Å². The molecule has 5 nitrogen and oxygen atoms in total. The first-order valence-electron chi connectivity index (χ1n) is 6.13. The fourth-order valence-corrected chi connectivity index (χ4v) is 2.23. The van der Waals surface area contributed by atoms with Crippen molar-refractivity contribution in [2.24, 2.45) is 0 Å². The quantitative estimate of drug-likeness (QED) is 0.854. The van der Waals surface area contributed by atoms with Gasteiger partial charge in [0.15, 0.2) is 5.13 Å². The van der Waals surface area contributed by atoms with Gasteiger partial charge in [-0.25, -0.2) is 4.98 Å². The van der Waals surface area contributed by atoms with Crippen molar-refractivity contribution < 1.29 is 9.59 Å². The lowest BCUT2D eigenvalue weighted by Crippen LogP contribution is -2.33. The number of anilines is 1. The van der Waals surface area contributed by atoms with Crippen molar-refractivity contribution in [2.75, 3.05) is 11.9 Å². The largest absolute Gasteiger partial charge is 0.352 e. The second-order valence-electron chi connectivity index (χ2n) is 4.21. The summed E-state index contributed by atoms with van der Waals surface area (Å²) < 4.78 is 0. The van der Waals surface area contributed by atoms with Crippen molar-refractivity contribution in [3.8, 4) is 0 Å². The molecule has 0 aliphatic heterocycles. The number of nitrogens with zero attached hydrogens (tertiary/aromatic N) is 2. The molecule has 0 saturated heterocycles. The maximum Gasteiger partial charge on any atom is 0.237 e. The lowest BCUT2D eigenvalue weighted by molar-refractivity contribution is -0.127. The molecule has 0 fully saturated rings. The van der Waals surface area contributed by atoms with E-state index in [1.165, 1.54) is 16.2 Å². The minimum absolute atomic E-state index is 0.178. The fraction of sp³-hybridized carbons (Fsp3) is 0.214. The lowest BCUT2D eigenvalue weighted by atomic mass is 10.2. The first-order chi connectivity index (χ1) is 9.66. The van der Waals surface area contributed by atoms with E-state index in [4.69, 9.17) is 0 Å². The van der Waals surface area contributed by atoms with Gasteiger partial charge in [0, 0.05) is 25.2 Å². The second-order valence-corrected chi connectivity index (χ2v) is 5.08. The number of rotatable bonds is 5. The van der Waals surface area contributed by atoms with Crippen molar-refractivity contribution in [2.45, 2.75) is 13.0 Å². The Morgan fingerprint density at radius 1 is 1.30 bits per heavy atom. The van der Waals surface area contributed by atoms with Crippen molar-refractivity contribution in [3.05, 3.63) is 47.5 Å². The van der Waals surface area contributed by atoms with Crippen LogP contribution in [0.5, 0.6) is 0 Å². The van der Waals surface area contributed by atoms with Crippen LogP contribution in [-0.4, -0.2) is 23.8 Å². The molecule has 0 saturated carbocycles. The standard InChI is InChI=1S/C14H15N3O2S/c1-17(14-15-7-8-20-14)13(19)9-12(18)16-10-11-5-3-2-4-6-11/h2-8H,9-10H2,1H3,(H,16,18). The summed E-state index contributed by atoms with van der Waals surface area (Å²) in [7, 11) is 1.62. The van der Waals surface area contributed by atoms with Gasteiger partial charge in [-0.15, -0.1) is 11.3 Å². The third-order valence-corrected chi connectivity index (χ3v) is 3.57. The van der Waals surface area contributed by atoms with Crippen LogP contribution in [-0.2, 0) is 16.1 Å². The fourth-order valence-electron chi connectivity index (χ4n) is 1.60. The molecule has 1 aromatic carbocycles. The van der Waals surface area contributed by atoms with Gasteiger partial charge in [-0.3, -0.25) is 14.5 Å². The third-order valence-electron chi connectivity index (χ3n) is 2.72. The molecule has 0 radical (unpaired) electrons. The minimum Gasteiger partial charge on any atom is -0.352 e. The van der Waals surface area contributed by atoms with Gasteiger partial charge in [-0.05, 0) is 5.56 Å². The summed E-state index contributed by atoms with van der Waals surface area (Å²) in [6.07, 6.45) is 1.45. The number of benzene rings is 1. The van der Waals surface area contributed by atoms with E-state index < -0.39 is 0 Å². The molecule has 0 spiro atoms. The highest BCUT2D eigenvalue weighted by Gasteiger charge is 2.16. The van der Waals surface area contributed by atoms with Crippen LogP contribution in [0.1, 0.15) is 12.0 Å². The second kappa shape index (κ2) is 6.81. The van der Waals surface area contributed by atoms with Gasteiger partial charge in [0.05, 0.1) is 0 Å². The third kappa shape index (κ3) is 3.89. The molecule has 0 aliphatic carbocycles. The molecule has 0 bridgehead atoms. The van der Waals surface area contributed by atoms with E-state index >= 15 is 0 Å². The summed E-state index contributed by atoms with van der Waals surface area (Å²) in [5, 5.41) is 5.10. The summed E-state index contributed by atoms with van der Waals surface area (Å²) in [6, 6.07) is 9.57. The molecule has 1 aromatic heterocycles. The molecular weight excluding hydrogens is 274 g/mol. The van der Waals surface area contributed by atoms with Crippen molar-refractivity contribution in [1.82, 2.24) is 10.3 Å². The Hall–Kier alpha value is -2.21. The molecule has 2 amide bonds.